The first-order chi connectivity index (χ1) is 7.72. The molecule has 0 atom stereocenters. The minimum Gasteiger partial charge on any atom is -0.383 e. The van der Waals surface area contributed by atoms with Crippen molar-refractivity contribution in [2.75, 3.05) is 5.73 Å². The lowest BCUT2D eigenvalue weighted by atomic mass is 10.1. The van der Waals surface area contributed by atoms with Crippen molar-refractivity contribution in [2.24, 2.45) is 0 Å². The van der Waals surface area contributed by atoms with E-state index in [1.165, 1.54) is 0 Å². The average molecular weight is 274 g/mol. The third kappa shape index (κ3) is 1.90. The van der Waals surface area contributed by atoms with Crippen LogP contribution in [0.15, 0.2) is 40.9 Å². The van der Waals surface area contributed by atoms with Gasteiger partial charge in [-0.25, -0.2) is 4.98 Å². The van der Waals surface area contributed by atoms with Gasteiger partial charge < -0.3 is 5.73 Å². The van der Waals surface area contributed by atoms with Crippen molar-refractivity contribution in [1.29, 1.82) is 5.26 Å². The molecule has 0 fully saturated rings. The molecule has 2 aromatic rings. The normalized spacial score (nSPS) is 9.75. The number of nitrogens with two attached hydrogens (primary N) is 1. The lowest BCUT2D eigenvalue weighted by Crippen LogP contribution is -1.96. The van der Waals surface area contributed by atoms with Crippen molar-refractivity contribution in [3.63, 3.8) is 0 Å². The summed E-state index contributed by atoms with van der Waals surface area (Å²) in [5, 5.41) is 8.76. The van der Waals surface area contributed by atoms with Gasteiger partial charge in [0.15, 0.2) is 0 Å². The standard InChI is InChI=1S/C12H8BrN3/c13-10-4-2-1-3-9(10)11-6-5-8(7-14)12(15)16-11/h1-6H,(H2,15,16). The van der Waals surface area contributed by atoms with Crippen LogP contribution in [0.5, 0.6) is 0 Å². The van der Waals surface area contributed by atoms with Crippen LogP contribution in [0.3, 0.4) is 0 Å². The van der Waals surface area contributed by atoms with E-state index in [4.69, 9.17) is 11.0 Å². The molecular weight excluding hydrogens is 266 g/mol. The fourth-order valence-corrected chi connectivity index (χ4v) is 1.88. The van der Waals surface area contributed by atoms with Crippen molar-refractivity contribution in [3.05, 3.63) is 46.4 Å². The Morgan fingerprint density at radius 3 is 2.56 bits per heavy atom. The number of hydrogen-bond acceptors (Lipinski definition) is 3. The quantitative estimate of drug-likeness (QED) is 0.869. The lowest BCUT2D eigenvalue weighted by molar-refractivity contribution is 1.30. The number of benzene rings is 1. The molecule has 0 aliphatic carbocycles. The molecule has 0 unspecified atom stereocenters. The Labute approximate surface area is 102 Å². The summed E-state index contributed by atoms with van der Waals surface area (Å²) in [4.78, 5) is 4.20. The third-order valence-electron chi connectivity index (χ3n) is 2.19. The summed E-state index contributed by atoms with van der Waals surface area (Å²) in [5.41, 5.74) is 7.78. The van der Waals surface area contributed by atoms with Crippen molar-refractivity contribution in [2.45, 2.75) is 0 Å². The van der Waals surface area contributed by atoms with Gasteiger partial charge in [0.25, 0.3) is 0 Å². The molecule has 1 aromatic carbocycles. The van der Waals surface area contributed by atoms with Gasteiger partial charge in [-0.15, -0.1) is 0 Å². The Kier molecular flexibility index (Phi) is 2.88. The summed E-state index contributed by atoms with van der Waals surface area (Å²) >= 11 is 3.45. The summed E-state index contributed by atoms with van der Waals surface area (Å²) in [6.07, 6.45) is 0. The maximum atomic E-state index is 8.76. The molecule has 2 rings (SSSR count). The molecule has 4 heteroatoms. The van der Waals surface area contributed by atoms with Crippen LogP contribution in [0.1, 0.15) is 5.56 Å². The highest BCUT2D eigenvalue weighted by Crippen LogP contribution is 2.27. The molecule has 0 bridgehead atoms. The fourth-order valence-electron chi connectivity index (χ4n) is 1.39. The van der Waals surface area contributed by atoms with E-state index in [9.17, 15) is 0 Å². The molecule has 0 spiro atoms. The van der Waals surface area contributed by atoms with Gasteiger partial charge in [-0.3, -0.25) is 0 Å². The Morgan fingerprint density at radius 1 is 1.19 bits per heavy atom. The van der Waals surface area contributed by atoms with E-state index in [0.717, 1.165) is 15.7 Å². The summed E-state index contributed by atoms with van der Waals surface area (Å²) in [6, 6.07) is 13.2. The van der Waals surface area contributed by atoms with E-state index >= 15 is 0 Å². The van der Waals surface area contributed by atoms with Gasteiger partial charge in [0.2, 0.25) is 0 Å². The van der Waals surface area contributed by atoms with Crippen LogP contribution in [-0.2, 0) is 0 Å². The highest BCUT2D eigenvalue weighted by Gasteiger charge is 2.06. The number of nitrogen functional groups attached to an aromatic ring is 1. The van der Waals surface area contributed by atoms with Crippen LogP contribution in [-0.4, -0.2) is 4.98 Å². The molecule has 1 aromatic heterocycles. The molecule has 0 saturated heterocycles. The third-order valence-corrected chi connectivity index (χ3v) is 2.89. The first kappa shape index (κ1) is 10.7. The van der Waals surface area contributed by atoms with Gasteiger partial charge in [-0.1, -0.05) is 34.1 Å². The molecule has 0 amide bonds. The number of nitriles is 1. The van der Waals surface area contributed by atoms with E-state index in [2.05, 4.69) is 20.9 Å². The largest absolute Gasteiger partial charge is 0.383 e. The average Bonchev–Trinajstić information content (AvgIpc) is 2.29. The molecule has 16 heavy (non-hydrogen) atoms. The number of hydrogen-bond donors (Lipinski definition) is 1. The van der Waals surface area contributed by atoms with Crippen molar-refractivity contribution >= 4 is 21.7 Å². The zero-order chi connectivity index (χ0) is 11.5. The molecular formula is C12H8BrN3. The first-order valence-electron chi connectivity index (χ1n) is 4.64. The summed E-state index contributed by atoms with van der Waals surface area (Å²) < 4.78 is 0.951. The molecule has 1 heterocycles. The Morgan fingerprint density at radius 2 is 1.94 bits per heavy atom. The highest BCUT2D eigenvalue weighted by atomic mass is 79.9. The van der Waals surface area contributed by atoms with Crippen molar-refractivity contribution < 1.29 is 0 Å². The Balaban J connectivity index is 2.55. The van der Waals surface area contributed by atoms with E-state index in [1.54, 1.807) is 12.1 Å². The predicted octanol–water partition coefficient (Wildman–Crippen LogP) is 2.96. The van der Waals surface area contributed by atoms with E-state index in [-0.39, 0.29) is 5.82 Å². The van der Waals surface area contributed by atoms with E-state index in [0.29, 0.717) is 5.56 Å². The molecule has 0 radical (unpaired) electrons. The van der Waals surface area contributed by atoms with Crippen LogP contribution in [0.25, 0.3) is 11.3 Å². The number of halogens is 1. The number of aromatic nitrogens is 1. The van der Waals surface area contributed by atoms with Crippen LogP contribution in [0.4, 0.5) is 5.82 Å². The maximum absolute atomic E-state index is 8.76. The van der Waals surface area contributed by atoms with Crippen molar-refractivity contribution in [3.8, 4) is 17.3 Å². The summed E-state index contributed by atoms with van der Waals surface area (Å²) in [5.74, 6) is 0.260. The molecule has 2 N–H and O–H groups in total. The molecule has 0 aliphatic heterocycles. The zero-order valence-electron chi connectivity index (χ0n) is 8.31. The molecule has 0 aliphatic rings. The van der Waals surface area contributed by atoms with E-state index in [1.807, 2.05) is 30.3 Å². The highest BCUT2D eigenvalue weighted by molar-refractivity contribution is 9.10. The second-order valence-corrected chi connectivity index (χ2v) is 4.08. The van der Waals surface area contributed by atoms with Crippen LogP contribution >= 0.6 is 15.9 Å². The summed E-state index contributed by atoms with van der Waals surface area (Å²) in [7, 11) is 0. The van der Waals surface area contributed by atoms with E-state index < -0.39 is 0 Å². The molecule has 0 saturated carbocycles. The van der Waals surface area contributed by atoms with Crippen LogP contribution in [0, 0.1) is 11.3 Å². The van der Waals surface area contributed by atoms with Gasteiger partial charge >= 0.3 is 0 Å². The smallest absolute Gasteiger partial charge is 0.142 e. The Hall–Kier alpha value is -1.86. The number of rotatable bonds is 1. The van der Waals surface area contributed by atoms with Gasteiger partial charge in [0, 0.05) is 10.0 Å². The number of nitrogens with zero attached hydrogens (tertiary/aromatic N) is 2. The minimum absolute atomic E-state index is 0.260. The van der Waals surface area contributed by atoms with Gasteiger partial charge in [0.1, 0.15) is 11.9 Å². The summed E-state index contributed by atoms with van der Waals surface area (Å²) in [6.45, 7) is 0. The molecule has 3 nitrogen and oxygen atoms in total. The number of pyridine rings is 1. The predicted molar refractivity (Wildman–Crippen MR) is 66.5 cm³/mol. The van der Waals surface area contributed by atoms with Gasteiger partial charge in [0.05, 0.1) is 11.3 Å². The zero-order valence-corrected chi connectivity index (χ0v) is 9.90. The number of anilines is 1. The minimum atomic E-state index is 0.260. The van der Waals surface area contributed by atoms with Gasteiger partial charge in [-0.05, 0) is 18.2 Å². The SMILES string of the molecule is N#Cc1ccc(-c2ccccc2Br)nc1N. The van der Waals surface area contributed by atoms with Crippen molar-refractivity contribution in [1.82, 2.24) is 4.98 Å². The molecule has 78 valence electrons. The second kappa shape index (κ2) is 4.33. The lowest BCUT2D eigenvalue weighted by Gasteiger charge is -2.05. The first-order valence-corrected chi connectivity index (χ1v) is 5.43. The topological polar surface area (TPSA) is 62.7 Å². The second-order valence-electron chi connectivity index (χ2n) is 3.22. The Bertz CT molecular complexity index is 573. The fraction of sp³-hybridized carbons (Fsp3) is 0. The van der Waals surface area contributed by atoms with Crippen LogP contribution in [0.2, 0.25) is 0 Å². The maximum Gasteiger partial charge on any atom is 0.142 e. The monoisotopic (exact) mass is 273 g/mol. The van der Waals surface area contributed by atoms with Gasteiger partial charge in [-0.2, -0.15) is 5.26 Å². The van der Waals surface area contributed by atoms with Crippen LogP contribution < -0.4 is 5.73 Å².